The average molecular weight is 371 g/mol. The third kappa shape index (κ3) is 3.96. The summed E-state index contributed by atoms with van der Waals surface area (Å²) in [5, 5.41) is 7.60. The lowest BCUT2D eigenvalue weighted by molar-refractivity contribution is -0.121. The molecule has 0 radical (unpaired) electrons. The van der Waals surface area contributed by atoms with Crippen LogP contribution in [0.25, 0.3) is 16.7 Å². The van der Waals surface area contributed by atoms with E-state index in [1.807, 2.05) is 51.1 Å². The first kappa shape index (κ1) is 18.2. The van der Waals surface area contributed by atoms with Crippen LogP contribution in [-0.4, -0.2) is 36.4 Å². The smallest absolute Gasteiger partial charge is 0.262 e. The molecule has 2 N–H and O–H groups in total. The van der Waals surface area contributed by atoms with Crippen molar-refractivity contribution in [1.82, 2.24) is 25.1 Å². The Morgan fingerprint density at radius 2 is 1.96 bits per heavy atom. The standard InChI is InChI=1S/C18H21N5O2S/c1-11(15(24)22-18(2,3)4)26-17-20-14-13(16(25)21-17)10-19-23(14)12-8-6-5-7-9-12/h5-11H,1-4H3,(H,22,24)(H,20,21,25)/t11-/m1/s1. The number of amides is 1. The highest BCUT2D eigenvalue weighted by molar-refractivity contribution is 8.00. The van der Waals surface area contributed by atoms with Crippen molar-refractivity contribution in [3.05, 3.63) is 46.9 Å². The second kappa shape index (κ2) is 6.95. The van der Waals surface area contributed by atoms with Crippen molar-refractivity contribution in [2.75, 3.05) is 0 Å². The summed E-state index contributed by atoms with van der Waals surface area (Å²) >= 11 is 1.21. The maximum absolute atomic E-state index is 12.4. The van der Waals surface area contributed by atoms with Gasteiger partial charge in [0.25, 0.3) is 5.56 Å². The minimum absolute atomic E-state index is 0.109. The molecule has 1 amide bonds. The van der Waals surface area contributed by atoms with E-state index in [0.29, 0.717) is 16.2 Å². The lowest BCUT2D eigenvalue weighted by Crippen LogP contribution is -2.44. The first-order valence-electron chi connectivity index (χ1n) is 8.27. The number of H-pyrrole nitrogens is 1. The molecule has 3 aromatic rings. The zero-order valence-corrected chi connectivity index (χ0v) is 15.9. The van der Waals surface area contributed by atoms with E-state index >= 15 is 0 Å². The number of fused-ring (bicyclic) bond motifs is 1. The molecule has 2 heterocycles. The molecular weight excluding hydrogens is 350 g/mol. The lowest BCUT2D eigenvalue weighted by atomic mass is 10.1. The zero-order valence-electron chi connectivity index (χ0n) is 15.1. The second-order valence-corrected chi connectivity index (χ2v) is 8.33. The number of hydrogen-bond donors (Lipinski definition) is 2. The largest absolute Gasteiger partial charge is 0.351 e. The number of aromatic nitrogens is 4. The van der Waals surface area contributed by atoms with Crippen LogP contribution in [0.2, 0.25) is 0 Å². The van der Waals surface area contributed by atoms with Gasteiger partial charge in [-0.1, -0.05) is 30.0 Å². The number of hydrogen-bond acceptors (Lipinski definition) is 5. The molecule has 0 bridgehead atoms. The van der Waals surface area contributed by atoms with Crippen molar-refractivity contribution in [3.8, 4) is 5.69 Å². The molecular formula is C18H21N5O2S. The van der Waals surface area contributed by atoms with E-state index in [2.05, 4.69) is 20.4 Å². The molecule has 26 heavy (non-hydrogen) atoms. The Labute approximate surface area is 155 Å². The van der Waals surface area contributed by atoms with Crippen molar-refractivity contribution in [1.29, 1.82) is 0 Å². The molecule has 2 aromatic heterocycles. The summed E-state index contributed by atoms with van der Waals surface area (Å²) in [6, 6.07) is 9.48. The van der Waals surface area contributed by atoms with Gasteiger partial charge in [0.2, 0.25) is 5.91 Å². The first-order valence-corrected chi connectivity index (χ1v) is 9.15. The van der Waals surface area contributed by atoms with Crippen LogP contribution in [-0.2, 0) is 4.79 Å². The fourth-order valence-corrected chi connectivity index (χ4v) is 3.20. The van der Waals surface area contributed by atoms with Crippen LogP contribution in [0.5, 0.6) is 0 Å². The third-order valence-corrected chi connectivity index (χ3v) is 4.56. The predicted molar refractivity (Wildman–Crippen MR) is 103 cm³/mol. The van der Waals surface area contributed by atoms with E-state index in [9.17, 15) is 9.59 Å². The highest BCUT2D eigenvalue weighted by atomic mass is 32.2. The Hall–Kier alpha value is -2.61. The van der Waals surface area contributed by atoms with Gasteiger partial charge in [0, 0.05) is 5.54 Å². The summed E-state index contributed by atoms with van der Waals surface area (Å²) in [6.07, 6.45) is 1.50. The van der Waals surface area contributed by atoms with E-state index in [4.69, 9.17) is 0 Å². The zero-order chi connectivity index (χ0) is 18.9. The molecule has 0 saturated heterocycles. The highest BCUT2D eigenvalue weighted by Gasteiger charge is 2.21. The Balaban J connectivity index is 1.93. The molecule has 8 heteroatoms. The fourth-order valence-electron chi connectivity index (χ4n) is 2.40. The third-order valence-electron chi connectivity index (χ3n) is 3.57. The van der Waals surface area contributed by atoms with Gasteiger partial charge >= 0.3 is 0 Å². The lowest BCUT2D eigenvalue weighted by Gasteiger charge is -2.22. The normalized spacial score (nSPS) is 12.9. The van der Waals surface area contributed by atoms with Crippen LogP contribution in [0, 0.1) is 0 Å². The molecule has 0 fully saturated rings. The maximum atomic E-state index is 12.4. The van der Waals surface area contributed by atoms with Crippen LogP contribution in [0.1, 0.15) is 27.7 Å². The van der Waals surface area contributed by atoms with Crippen LogP contribution in [0.3, 0.4) is 0 Å². The summed E-state index contributed by atoms with van der Waals surface area (Å²) in [5.74, 6) is -0.109. The first-order chi connectivity index (χ1) is 12.2. The van der Waals surface area contributed by atoms with Crippen LogP contribution in [0.4, 0.5) is 0 Å². The summed E-state index contributed by atoms with van der Waals surface area (Å²) in [6.45, 7) is 7.55. The number of rotatable bonds is 4. The van der Waals surface area contributed by atoms with Gasteiger partial charge in [-0.15, -0.1) is 0 Å². The molecule has 0 aliphatic heterocycles. The van der Waals surface area contributed by atoms with Crippen LogP contribution in [0.15, 0.2) is 46.5 Å². The Morgan fingerprint density at radius 3 is 2.62 bits per heavy atom. The van der Waals surface area contributed by atoms with E-state index in [0.717, 1.165) is 5.69 Å². The molecule has 7 nitrogen and oxygen atoms in total. The quantitative estimate of drug-likeness (QED) is 0.543. The number of nitrogens with one attached hydrogen (secondary N) is 2. The Kier molecular flexibility index (Phi) is 4.86. The molecule has 0 unspecified atom stereocenters. The molecule has 0 spiro atoms. The van der Waals surface area contributed by atoms with Crippen molar-refractivity contribution in [2.24, 2.45) is 0 Å². The average Bonchev–Trinajstić information content (AvgIpc) is 2.98. The number of carbonyl (C=O) groups excluding carboxylic acids is 1. The number of thioether (sulfide) groups is 1. The number of para-hydroxylation sites is 1. The number of nitrogens with zero attached hydrogens (tertiary/aromatic N) is 3. The predicted octanol–water partition coefficient (Wildman–Crippen LogP) is 2.50. The van der Waals surface area contributed by atoms with E-state index in [1.54, 1.807) is 11.6 Å². The van der Waals surface area contributed by atoms with E-state index in [-0.39, 0.29) is 17.0 Å². The molecule has 1 atom stereocenters. The number of carbonyl (C=O) groups is 1. The van der Waals surface area contributed by atoms with Gasteiger partial charge in [-0.05, 0) is 39.8 Å². The van der Waals surface area contributed by atoms with Gasteiger partial charge in [-0.2, -0.15) is 5.10 Å². The Bertz CT molecular complexity index is 988. The molecule has 0 aliphatic carbocycles. The maximum Gasteiger partial charge on any atom is 0.262 e. The van der Waals surface area contributed by atoms with Gasteiger partial charge < -0.3 is 10.3 Å². The summed E-state index contributed by atoms with van der Waals surface area (Å²) < 4.78 is 1.62. The molecule has 3 rings (SSSR count). The topological polar surface area (TPSA) is 92.7 Å². The van der Waals surface area contributed by atoms with Gasteiger partial charge in [-0.3, -0.25) is 9.59 Å². The minimum atomic E-state index is -0.400. The number of aromatic amines is 1. The molecule has 0 saturated carbocycles. The van der Waals surface area contributed by atoms with Crippen LogP contribution >= 0.6 is 11.8 Å². The van der Waals surface area contributed by atoms with Gasteiger partial charge in [-0.25, -0.2) is 9.67 Å². The highest BCUT2D eigenvalue weighted by Crippen LogP contribution is 2.22. The van der Waals surface area contributed by atoms with Gasteiger partial charge in [0.15, 0.2) is 10.8 Å². The SMILES string of the molecule is C[C@@H](Sc1nc2c(cnn2-c2ccccc2)c(=O)[nH]1)C(=O)NC(C)(C)C. The molecule has 1 aromatic carbocycles. The van der Waals surface area contributed by atoms with Crippen molar-refractivity contribution >= 4 is 28.7 Å². The monoisotopic (exact) mass is 371 g/mol. The van der Waals surface area contributed by atoms with E-state index < -0.39 is 5.25 Å². The Morgan fingerprint density at radius 1 is 1.27 bits per heavy atom. The van der Waals surface area contributed by atoms with Crippen molar-refractivity contribution in [3.63, 3.8) is 0 Å². The van der Waals surface area contributed by atoms with Gasteiger partial charge in [0.1, 0.15) is 5.39 Å². The summed E-state index contributed by atoms with van der Waals surface area (Å²) in [4.78, 5) is 31.9. The van der Waals surface area contributed by atoms with E-state index in [1.165, 1.54) is 18.0 Å². The molecule has 0 aliphatic rings. The van der Waals surface area contributed by atoms with Crippen molar-refractivity contribution in [2.45, 2.75) is 43.6 Å². The van der Waals surface area contributed by atoms with Gasteiger partial charge in [0.05, 0.1) is 17.1 Å². The number of benzene rings is 1. The van der Waals surface area contributed by atoms with Crippen molar-refractivity contribution < 1.29 is 4.79 Å². The molecule has 136 valence electrons. The minimum Gasteiger partial charge on any atom is -0.351 e. The summed E-state index contributed by atoms with van der Waals surface area (Å²) in [7, 11) is 0. The van der Waals surface area contributed by atoms with Crippen LogP contribution < -0.4 is 10.9 Å². The fraction of sp³-hybridized carbons (Fsp3) is 0.333. The second-order valence-electron chi connectivity index (χ2n) is 7.00. The summed E-state index contributed by atoms with van der Waals surface area (Å²) in [5.41, 5.74) is 0.687.